The number of halogens is 1. The van der Waals surface area contributed by atoms with Crippen LogP contribution in [0.3, 0.4) is 0 Å². The number of likely N-dealkylation sites (tertiary alicyclic amines) is 1. The summed E-state index contributed by atoms with van der Waals surface area (Å²) < 4.78 is 1.71. The summed E-state index contributed by atoms with van der Waals surface area (Å²) in [5, 5.41) is 8.60. The molecule has 2 aliphatic heterocycles. The van der Waals surface area contributed by atoms with Crippen LogP contribution in [0.1, 0.15) is 29.6 Å². The van der Waals surface area contributed by atoms with Crippen LogP contribution in [0.25, 0.3) is 5.69 Å². The van der Waals surface area contributed by atoms with Gasteiger partial charge in [0.05, 0.1) is 17.4 Å². The predicted molar refractivity (Wildman–Crippen MR) is 89.0 cm³/mol. The number of hydrogen-bond donors (Lipinski definition) is 1. The van der Waals surface area contributed by atoms with Crippen molar-refractivity contribution in [1.29, 1.82) is 0 Å². The lowest BCUT2D eigenvalue weighted by atomic mass is 10.1. The summed E-state index contributed by atoms with van der Waals surface area (Å²) in [6.07, 6.45) is 6.88. The summed E-state index contributed by atoms with van der Waals surface area (Å²) in [5.41, 5.74) is 1.53. The fraction of sp³-hybridized carbons (Fsp3) is 0.412. The molecule has 0 spiro atoms. The molecule has 4 rings (SSSR count). The predicted octanol–water partition coefficient (Wildman–Crippen LogP) is 2.49. The molecule has 2 fully saturated rings. The maximum atomic E-state index is 12.8. The van der Waals surface area contributed by atoms with E-state index >= 15 is 0 Å². The molecule has 120 valence electrons. The summed E-state index contributed by atoms with van der Waals surface area (Å²) in [5.74, 6) is 0.0690. The van der Waals surface area contributed by atoms with Gasteiger partial charge in [-0.2, -0.15) is 5.10 Å². The van der Waals surface area contributed by atoms with Crippen molar-refractivity contribution in [1.82, 2.24) is 20.0 Å². The first-order chi connectivity index (χ1) is 11.2. The molecule has 1 aromatic heterocycles. The van der Waals surface area contributed by atoms with Gasteiger partial charge in [0.2, 0.25) is 0 Å². The molecule has 5 nitrogen and oxygen atoms in total. The molecule has 6 heteroatoms. The van der Waals surface area contributed by atoms with Gasteiger partial charge in [0.15, 0.2) is 0 Å². The van der Waals surface area contributed by atoms with Crippen LogP contribution >= 0.6 is 11.6 Å². The fourth-order valence-electron chi connectivity index (χ4n) is 3.48. The maximum absolute atomic E-state index is 12.8. The smallest absolute Gasteiger partial charge is 0.257 e. The van der Waals surface area contributed by atoms with E-state index in [4.69, 9.17) is 11.6 Å². The van der Waals surface area contributed by atoms with Gasteiger partial charge in [-0.05, 0) is 43.5 Å². The van der Waals surface area contributed by atoms with E-state index in [1.807, 2.05) is 29.2 Å². The minimum Gasteiger partial charge on any atom is -0.337 e. The van der Waals surface area contributed by atoms with E-state index in [-0.39, 0.29) is 5.91 Å². The first kappa shape index (κ1) is 14.7. The van der Waals surface area contributed by atoms with Crippen LogP contribution in [0, 0.1) is 0 Å². The second-order valence-corrected chi connectivity index (χ2v) is 6.76. The third-order valence-electron chi connectivity index (χ3n) is 4.73. The monoisotopic (exact) mass is 330 g/mol. The first-order valence-electron chi connectivity index (χ1n) is 8.05. The second-order valence-electron chi connectivity index (χ2n) is 6.33. The van der Waals surface area contributed by atoms with Crippen LogP contribution in [-0.4, -0.2) is 45.8 Å². The van der Waals surface area contributed by atoms with Crippen molar-refractivity contribution in [3.63, 3.8) is 0 Å². The Labute approximate surface area is 140 Å². The number of amides is 1. The number of fused-ring (bicyclic) bond motifs is 2. The second kappa shape index (κ2) is 5.98. The molecule has 2 unspecified atom stereocenters. The Morgan fingerprint density at radius 2 is 1.96 bits per heavy atom. The van der Waals surface area contributed by atoms with E-state index in [1.54, 1.807) is 17.1 Å². The highest BCUT2D eigenvalue weighted by molar-refractivity contribution is 6.30. The topological polar surface area (TPSA) is 50.2 Å². The molecule has 2 saturated heterocycles. The Balaban J connectivity index is 1.51. The van der Waals surface area contributed by atoms with E-state index in [1.165, 1.54) is 12.8 Å². The summed E-state index contributed by atoms with van der Waals surface area (Å²) in [6, 6.07) is 8.43. The number of nitrogens with zero attached hydrogens (tertiary/aromatic N) is 3. The van der Waals surface area contributed by atoms with Crippen LogP contribution in [0.15, 0.2) is 36.7 Å². The lowest BCUT2D eigenvalue weighted by molar-refractivity contribution is 0.0748. The summed E-state index contributed by atoms with van der Waals surface area (Å²) >= 11 is 5.91. The molecule has 2 atom stereocenters. The third kappa shape index (κ3) is 2.99. The normalized spacial score (nSPS) is 23.8. The molecule has 1 N–H and O–H groups in total. The average molecular weight is 331 g/mol. The standard InChI is InChI=1S/C17H19ClN4O/c18-13-1-5-16(6-2-13)22-10-12(9-19-22)17(23)21-8-7-14-3-4-15(11-21)20-14/h1-2,5-6,9-10,14-15,20H,3-4,7-8,11H2. The van der Waals surface area contributed by atoms with E-state index < -0.39 is 0 Å². The molecule has 23 heavy (non-hydrogen) atoms. The summed E-state index contributed by atoms with van der Waals surface area (Å²) in [4.78, 5) is 14.7. The number of carbonyl (C=O) groups excluding carboxylic acids is 1. The Bertz CT molecular complexity index is 712. The van der Waals surface area contributed by atoms with Crippen molar-refractivity contribution in [2.24, 2.45) is 0 Å². The third-order valence-corrected chi connectivity index (χ3v) is 4.98. The molecule has 2 aromatic rings. The van der Waals surface area contributed by atoms with Crippen molar-refractivity contribution < 1.29 is 4.79 Å². The molecule has 2 bridgehead atoms. The first-order valence-corrected chi connectivity index (χ1v) is 8.43. The minimum atomic E-state index is 0.0690. The maximum Gasteiger partial charge on any atom is 0.257 e. The van der Waals surface area contributed by atoms with Crippen molar-refractivity contribution in [2.75, 3.05) is 13.1 Å². The largest absolute Gasteiger partial charge is 0.337 e. The zero-order valence-corrected chi connectivity index (χ0v) is 13.5. The fourth-order valence-corrected chi connectivity index (χ4v) is 3.60. The number of nitrogens with one attached hydrogen (secondary N) is 1. The lowest BCUT2D eigenvalue weighted by Crippen LogP contribution is -2.38. The highest BCUT2D eigenvalue weighted by atomic mass is 35.5. The van der Waals surface area contributed by atoms with Crippen LogP contribution in [0.5, 0.6) is 0 Å². The van der Waals surface area contributed by atoms with Gasteiger partial charge in [-0.25, -0.2) is 4.68 Å². The van der Waals surface area contributed by atoms with Crippen LogP contribution in [0.2, 0.25) is 5.02 Å². The van der Waals surface area contributed by atoms with Crippen LogP contribution in [-0.2, 0) is 0 Å². The molecule has 0 aliphatic carbocycles. The molecular weight excluding hydrogens is 312 g/mol. The van der Waals surface area contributed by atoms with Gasteiger partial charge < -0.3 is 10.2 Å². The Hall–Kier alpha value is -1.85. The molecule has 0 radical (unpaired) electrons. The van der Waals surface area contributed by atoms with Crippen molar-refractivity contribution >= 4 is 17.5 Å². The quantitative estimate of drug-likeness (QED) is 0.920. The highest BCUT2D eigenvalue weighted by Crippen LogP contribution is 2.22. The molecule has 2 aliphatic rings. The molecule has 1 amide bonds. The molecular formula is C17H19ClN4O. The van der Waals surface area contributed by atoms with Gasteiger partial charge in [-0.3, -0.25) is 4.79 Å². The van der Waals surface area contributed by atoms with Gasteiger partial charge in [-0.1, -0.05) is 11.6 Å². The van der Waals surface area contributed by atoms with E-state index in [0.29, 0.717) is 22.7 Å². The Morgan fingerprint density at radius 1 is 1.17 bits per heavy atom. The van der Waals surface area contributed by atoms with Crippen LogP contribution in [0.4, 0.5) is 0 Å². The minimum absolute atomic E-state index is 0.0690. The van der Waals surface area contributed by atoms with E-state index in [2.05, 4.69) is 10.4 Å². The van der Waals surface area contributed by atoms with Crippen molar-refractivity contribution in [3.05, 3.63) is 47.2 Å². The zero-order valence-electron chi connectivity index (χ0n) is 12.8. The lowest BCUT2D eigenvalue weighted by Gasteiger charge is -2.23. The van der Waals surface area contributed by atoms with Crippen molar-refractivity contribution in [2.45, 2.75) is 31.3 Å². The summed E-state index contributed by atoms with van der Waals surface area (Å²) in [6.45, 7) is 1.61. The van der Waals surface area contributed by atoms with Crippen molar-refractivity contribution in [3.8, 4) is 5.69 Å². The molecule has 3 heterocycles. The zero-order chi connectivity index (χ0) is 15.8. The van der Waals surface area contributed by atoms with Crippen LogP contribution < -0.4 is 5.32 Å². The number of aromatic nitrogens is 2. The van der Waals surface area contributed by atoms with Gasteiger partial charge >= 0.3 is 0 Å². The van der Waals surface area contributed by atoms with Gasteiger partial charge in [0.25, 0.3) is 5.91 Å². The Kier molecular flexibility index (Phi) is 3.83. The summed E-state index contributed by atoms with van der Waals surface area (Å²) in [7, 11) is 0. The number of benzene rings is 1. The van der Waals surface area contributed by atoms with E-state index in [9.17, 15) is 4.79 Å². The van der Waals surface area contributed by atoms with E-state index in [0.717, 1.165) is 25.2 Å². The number of carbonyl (C=O) groups is 1. The van der Waals surface area contributed by atoms with Gasteiger partial charge in [0.1, 0.15) is 0 Å². The van der Waals surface area contributed by atoms with Gasteiger partial charge in [0, 0.05) is 36.4 Å². The Morgan fingerprint density at radius 3 is 2.78 bits per heavy atom. The van der Waals surface area contributed by atoms with Gasteiger partial charge in [-0.15, -0.1) is 0 Å². The molecule has 1 aromatic carbocycles. The number of hydrogen-bond acceptors (Lipinski definition) is 3. The SMILES string of the molecule is O=C(c1cnn(-c2ccc(Cl)cc2)c1)N1CCC2CCC(C1)N2. The average Bonchev–Trinajstić information content (AvgIpc) is 3.14. The number of rotatable bonds is 2. The highest BCUT2D eigenvalue weighted by Gasteiger charge is 2.31. The molecule has 0 saturated carbocycles.